The lowest BCUT2D eigenvalue weighted by Gasteiger charge is -2.19. The average molecular weight is 340 g/mol. The number of benzene rings is 1. The van der Waals surface area contributed by atoms with E-state index in [1.54, 1.807) is 0 Å². The molecule has 1 N–H and O–H groups in total. The van der Waals surface area contributed by atoms with Gasteiger partial charge in [0.1, 0.15) is 0 Å². The first-order chi connectivity index (χ1) is 12.0. The lowest BCUT2D eigenvalue weighted by atomic mass is 9.81. The molecule has 0 aromatic heterocycles. The normalized spacial score (nSPS) is 30.1. The number of imide groups is 1. The maximum absolute atomic E-state index is 12.6. The van der Waals surface area contributed by atoms with Gasteiger partial charge in [-0.2, -0.15) is 0 Å². The van der Waals surface area contributed by atoms with Crippen LogP contribution in [-0.2, 0) is 14.4 Å². The monoisotopic (exact) mass is 340 g/mol. The van der Waals surface area contributed by atoms with Crippen molar-refractivity contribution in [2.45, 2.75) is 39.5 Å². The molecule has 2 bridgehead atoms. The van der Waals surface area contributed by atoms with Crippen molar-refractivity contribution < 1.29 is 14.4 Å². The predicted octanol–water partition coefficient (Wildman–Crippen LogP) is 2.66. The molecule has 4 rings (SSSR count). The Labute approximate surface area is 147 Å². The van der Waals surface area contributed by atoms with Crippen LogP contribution in [0.2, 0.25) is 0 Å². The zero-order valence-corrected chi connectivity index (χ0v) is 14.7. The molecule has 4 atom stereocenters. The molecule has 0 unspecified atom stereocenters. The van der Waals surface area contributed by atoms with Crippen LogP contribution in [0, 0.1) is 37.5 Å². The van der Waals surface area contributed by atoms with Gasteiger partial charge in [-0.25, -0.2) is 0 Å². The third kappa shape index (κ3) is 2.57. The topological polar surface area (TPSA) is 66.5 Å². The van der Waals surface area contributed by atoms with E-state index in [9.17, 15) is 14.4 Å². The number of likely N-dealkylation sites (tertiary alicyclic amines) is 1. The Balaban J connectivity index is 1.38. The SMILES string of the molecule is Cc1cccc(NC(=O)CCN2C(=O)[C@@H]3[C@H]4CC[C@H](C4)[C@@H]3C2=O)c1C. The van der Waals surface area contributed by atoms with Crippen LogP contribution in [0.25, 0.3) is 0 Å². The van der Waals surface area contributed by atoms with Crippen molar-refractivity contribution in [2.24, 2.45) is 23.7 Å². The molecule has 0 spiro atoms. The van der Waals surface area contributed by atoms with E-state index >= 15 is 0 Å². The van der Waals surface area contributed by atoms with Crippen LogP contribution in [0.5, 0.6) is 0 Å². The van der Waals surface area contributed by atoms with Gasteiger partial charge in [0, 0.05) is 18.7 Å². The second-order valence-electron chi connectivity index (χ2n) is 7.76. The van der Waals surface area contributed by atoms with Gasteiger partial charge in [-0.05, 0) is 62.1 Å². The van der Waals surface area contributed by atoms with Gasteiger partial charge in [0.15, 0.2) is 0 Å². The number of carbonyl (C=O) groups is 3. The maximum atomic E-state index is 12.6. The summed E-state index contributed by atoms with van der Waals surface area (Å²) >= 11 is 0. The van der Waals surface area contributed by atoms with Crippen molar-refractivity contribution in [1.29, 1.82) is 0 Å². The van der Waals surface area contributed by atoms with Gasteiger partial charge in [-0.1, -0.05) is 12.1 Å². The molecule has 3 aliphatic rings. The Morgan fingerprint density at radius 1 is 1.12 bits per heavy atom. The van der Waals surface area contributed by atoms with E-state index in [-0.39, 0.29) is 42.5 Å². The average Bonchev–Trinajstić information content (AvgIpc) is 3.25. The number of aryl methyl sites for hydroxylation is 1. The summed E-state index contributed by atoms with van der Waals surface area (Å²) in [4.78, 5) is 38.9. The van der Waals surface area contributed by atoms with Gasteiger partial charge in [0.2, 0.25) is 17.7 Å². The maximum Gasteiger partial charge on any atom is 0.233 e. The van der Waals surface area contributed by atoms with Gasteiger partial charge >= 0.3 is 0 Å². The van der Waals surface area contributed by atoms with Crippen molar-refractivity contribution in [1.82, 2.24) is 4.90 Å². The Morgan fingerprint density at radius 3 is 2.40 bits per heavy atom. The van der Waals surface area contributed by atoms with E-state index in [0.29, 0.717) is 11.8 Å². The summed E-state index contributed by atoms with van der Waals surface area (Å²) in [5.74, 6) is 0.333. The van der Waals surface area contributed by atoms with Crippen molar-refractivity contribution >= 4 is 23.4 Å². The molecule has 25 heavy (non-hydrogen) atoms. The predicted molar refractivity (Wildman–Crippen MR) is 93.7 cm³/mol. The van der Waals surface area contributed by atoms with Crippen LogP contribution in [0.1, 0.15) is 36.8 Å². The molecule has 1 aliphatic heterocycles. The number of nitrogens with one attached hydrogen (secondary N) is 1. The minimum atomic E-state index is -0.158. The first-order valence-electron chi connectivity index (χ1n) is 9.18. The Kier molecular flexibility index (Phi) is 3.89. The van der Waals surface area contributed by atoms with Gasteiger partial charge < -0.3 is 5.32 Å². The summed E-state index contributed by atoms with van der Waals surface area (Å²) in [6.45, 7) is 4.16. The fraction of sp³-hybridized carbons (Fsp3) is 0.550. The Morgan fingerprint density at radius 2 is 1.76 bits per heavy atom. The molecule has 1 heterocycles. The van der Waals surface area contributed by atoms with Crippen molar-refractivity contribution in [3.63, 3.8) is 0 Å². The molecule has 5 nitrogen and oxygen atoms in total. The molecule has 2 aliphatic carbocycles. The van der Waals surface area contributed by atoms with Crippen molar-refractivity contribution in [3.05, 3.63) is 29.3 Å². The molecule has 0 radical (unpaired) electrons. The van der Waals surface area contributed by atoms with Crippen LogP contribution in [0.3, 0.4) is 0 Å². The van der Waals surface area contributed by atoms with Crippen molar-refractivity contribution in [2.75, 3.05) is 11.9 Å². The highest BCUT2D eigenvalue weighted by molar-refractivity contribution is 6.06. The fourth-order valence-electron chi connectivity index (χ4n) is 5.00. The largest absolute Gasteiger partial charge is 0.326 e. The zero-order valence-electron chi connectivity index (χ0n) is 14.7. The number of hydrogen-bond donors (Lipinski definition) is 1. The van der Waals surface area contributed by atoms with Crippen LogP contribution in [0.4, 0.5) is 5.69 Å². The van der Waals surface area contributed by atoms with Crippen LogP contribution in [-0.4, -0.2) is 29.2 Å². The van der Waals surface area contributed by atoms with Gasteiger partial charge in [0.25, 0.3) is 0 Å². The van der Waals surface area contributed by atoms with Gasteiger partial charge in [-0.15, -0.1) is 0 Å². The standard InChI is InChI=1S/C20H24N2O3/c1-11-4-3-5-15(12(11)2)21-16(23)8-9-22-19(24)17-13-6-7-14(10-13)18(17)20(22)25/h3-5,13-14,17-18H,6-10H2,1-2H3,(H,21,23)/t13-,14+,17+,18-. The van der Waals surface area contributed by atoms with Gasteiger partial charge in [0.05, 0.1) is 11.8 Å². The van der Waals surface area contributed by atoms with E-state index in [4.69, 9.17) is 0 Å². The fourth-order valence-corrected chi connectivity index (χ4v) is 5.00. The number of carbonyl (C=O) groups excluding carboxylic acids is 3. The molecule has 3 fully saturated rings. The number of hydrogen-bond acceptors (Lipinski definition) is 3. The summed E-state index contributed by atoms with van der Waals surface area (Å²) in [5.41, 5.74) is 2.94. The number of rotatable bonds is 4. The summed E-state index contributed by atoms with van der Waals surface area (Å²) in [5, 5.41) is 2.90. The summed E-state index contributed by atoms with van der Waals surface area (Å²) in [7, 11) is 0. The number of anilines is 1. The summed E-state index contributed by atoms with van der Waals surface area (Å²) in [6, 6.07) is 5.77. The Hall–Kier alpha value is -2.17. The molecule has 2 saturated carbocycles. The highest BCUT2D eigenvalue weighted by atomic mass is 16.2. The highest BCUT2D eigenvalue weighted by Crippen LogP contribution is 2.56. The Bertz CT molecular complexity index is 729. The molecule has 5 heteroatoms. The van der Waals surface area contributed by atoms with E-state index in [2.05, 4.69) is 5.32 Å². The second kappa shape index (κ2) is 5.97. The van der Waals surface area contributed by atoms with Crippen molar-refractivity contribution in [3.8, 4) is 0 Å². The second-order valence-corrected chi connectivity index (χ2v) is 7.76. The first kappa shape index (κ1) is 16.3. The molecule has 1 aromatic rings. The van der Waals surface area contributed by atoms with Gasteiger partial charge in [-0.3, -0.25) is 19.3 Å². The number of nitrogens with zero attached hydrogens (tertiary/aromatic N) is 1. The minimum Gasteiger partial charge on any atom is -0.326 e. The quantitative estimate of drug-likeness (QED) is 0.857. The molecule has 1 saturated heterocycles. The molecular formula is C20H24N2O3. The summed E-state index contributed by atoms with van der Waals surface area (Å²) in [6.07, 6.45) is 3.34. The summed E-state index contributed by atoms with van der Waals surface area (Å²) < 4.78 is 0. The number of fused-ring (bicyclic) bond motifs is 5. The molecule has 132 valence electrons. The van der Waals surface area contributed by atoms with Crippen LogP contribution >= 0.6 is 0 Å². The van der Waals surface area contributed by atoms with E-state index in [1.165, 1.54) is 4.90 Å². The molecule has 1 aromatic carbocycles. The van der Waals surface area contributed by atoms with E-state index in [1.807, 2.05) is 32.0 Å². The third-order valence-electron chi connectivity index (χ3n) is 6.46. The first-order valence-corrected chi connectivity index (χ1v) is 9.18. The van der Waals surface area contributed by atoms with E-state index in [0.717, 1.165) is 36.1 Å². The minimum absolute atomic E-state index is 0.0401. The lowest BCUT2D eigenvalue weighted by Crippen LogP contribution is -2.35. The molecule has 3 amide bonds. The smallest absolute Gasteiger partial charge is 0.233 e. The van der Waals surface area contributed by atoms with E-state index < -0.39 is 0 Å². The molecular weight excluding hydrogens is 316 g/mol. The third-order valence-corrected chi connectivity index (χ3v) is 6.46. The zero-order chi connectivity index (χ0) is 17.7. The lowest BCUT2D eigenvalue weighted by molar-refractivity contribution is -0.140. The number of amides is 3. The highest BCUT2D eigenvalue weighted by Gasteiger charge is 2.60. The van der Waals surface area contributed by atoms with Crippen LogP contribution in [0.15, 0.2) is 18.2 Å². The van der Waals surface area contributed by atoms with Crippen LogP contribution < -0.4 is 5.32 Å².